The quantitative estimate of drug-likeness (QED) is 0.484. The Balaban J connectivity index is 1.53. The summed E-state index contributed by atoms with van der Waals surface area (Å²) < 4.78 is 0. The van der Waals surface area contributed by atoms with Crippen molar-refractivity contribution in [2.24, 2.45) is 11.7 Å². The van der Waals surface area contributed by atoms with Gasteiger partial charge >= 0.3 is 0 Å². The summed E-state index contributed by atoms with van der Waals surface area (Å²) in [4.78, 5) is 44.2. The molecule has 7 nitrogen and oxygen atoms in total. The van der Waals surface area contributed by atoms with Crippen LogP contribution in [0.2, 0.25) is 0 Å². The lowest BCUT2D eigenvalue weighted by molar-refractivity contribution is -0.146. The molecule has 8 heteroatoms. The Kier molecular flexibility index (Phi) is 10.2. The van der Waals surface area contributed by atoms with E-state index < -0.39 is 18.1 Å². The maximum absolute atomic E-state index is 14.0. The van der Waals surface area contributed by atoms with Gasteiger partial charge in [0.2, 0.25) is 17.7 Å². The first-order valence-corrected chi connectivity index (χ1v) is 14.9. The zero-order valence-electron chi connectivity index (χ0n) is 22.3. The highest BCUT2D eigenvalue weighted by Gasteiger charge is 2.42. The van der Waals surface area contributed by atoms with E-state index >= 15 is 0 Å². The number of benzene rings is 2. The molecule has 1 saturated heterocycles. The number of amides is 3. The molecular weight excluding hydrogens is 496 g/mol. The van der Waals surface area contributed by atoms with Crippen LogP contribution in [0.15, 0.2) is 60.7 Å². The van der Waals surface area contributed by atoms with Crippen molar-refractivity contribution in [2.75, 3.05) is 18.2 Å². The SMILES string of the molecule is C[C@H](N)C(=O)N[C@H](C(=O)N1CSC[C@H]1C(=O)N(CCc1ccccc1)Cc1ccccc1)C1CCCCC1. The zero-order chi connectivity index (χ0) is 26.9. The van der Waals surface area contributed by atoms with Gasteiger partial charge in [-0.2, -0.15) is 0 Å². The van der Waals surface area contributed by atoms with Gasteiger partial charge in [0.15, 0.2) is 0 Å². The number of hydrogen-bond acceptors (Lipinski definition) is 5. The molecule has 0 bridgehead atoms. The van der Waals surface area contributed by atoms with Crippen molar-refractivity contribution in [1.82, 2.24) is 15.1 Å². The second kappa shape index (κ2) is 13.8. The Labute approximate surface area is 230 Å². The number of hydrogen-bond donors (Lipinski definition) is 2. The Bertz CT molecular complexity index is 1060. The van der Waals surface area contributed by atoms with E-state index in [0.717, 1.165) is 44.1 Å². The molecule has 0 spiro atoms. The Morgan fingerprint density at radius 1 is 1.00 bits per heavy atom. The number of rotatable bonds is 10. The minimum atomic E-state index is -0.696. The summed E-state index contributed by atoms with van der Waals surface area (Å²) in [6, 6.07) is 18.2. The summed E-state index contributed by atoms with van der Waals surface area (Å²) in [6.07, 6.45) is 5.77. The van der Waals surface area contributed by atoms with E-state index in [1.165, 1.54) is 5.56 Å². The number of thioether (sulfide) groups is 1. The van der Waals surface area contributed by atoms with Crippen molar-refractivity contribution >= 4 is 29.5 Å². The molecule has 3 N–H and O–H groups in total. The number of nitrogens with two attached hydrogens (primary N) is 1. The van der Waals surface area contributed by atoms with Gasteiger partial charge in [0.25, 0.3) is 0 Å². The Morgan fingerprint density at radius 3 is 2.26 bits per heavy atom. The predicted octanol–water partition coefficient (Wildman–Crippen LogP) is 3.57. The van der Waals surface area contributed by atoms with Gasteiger partial charge in [0.05, 0.1) is 11.9 Å². The molecule has 38 heavy (non-hydrogen) atoms. The third-order valence-electron chi connectivity index (χ3n) is 7.59. The summed E-state index contributed by atoms with van der Waals surface area (Å²) >= 11 is 1.59. The maximum Gasteiger partial charge on any atom is 0.246 e. The standard InChI is InChI=1S/C30H40N4O3S/c1-22(31)28(35)32-27(25-15-9-4-10-16-25)30(37)34-21-38-20-26(34)29(36)33(19-24-13-7-3-8-14-24)18-17-23-11-5-2-6-12-23/h2-3,5-8,11-14,22,25-27H,4,9-10,15-21,31H2,1H3,(H,32,35)/t22-,26-,27-/m0/s1. The highest BCUT2D eigenvalue weighted by molar-refractivity contribution is 7.99. The Morgan fingerprint density at radius 2 is 1.63 bits per heavy atom. The second-order valence-electron chi connectivity index (χ2n) is 10.5. The van der Waals surface area contributed by atoms with Crippen molar-refractivity contribution < 1.29 is 14.4 Å². The van der Waals surface area contributed by atoms with Crippen LogP contribution >= 0.6 is 11.8 Å². The topological polar surface area (TPSA) is 95.7 Å². The van der Waals surface area contributed by atoms with E-state index in [-0.39, 0.29) is 23.6 Å². The molecule has 1 aliphatic heterocycles. The van der Waals surface area contributed by atoms with Crippen LogP contribution in [0.25, 0.3) is 0 Å². The summed E-state index contributed by atoms with van der Waals surface area (Å²) in [6.45, 7) is 2.68. The van der Waals surface area contributed by atoms with E-state index in [1.54, 1.807) is 23.6 Å². The van der Waals surface area contributed by atoms with E-state index in [4.69, 9.17) is 5.73 Å². The van der Waals surface area contributed by atoms with Crippen LogP contribution in [0.4, 0.5) is 0 Å². The van der Waals surface area contributed by atoms with Gasteiger partial charge < -0.3 is 20.9 Å². The number of carbonyl (C=O) groups is 3. The zero-order valence-corrected chi connectivity index (χ0v) is 23.1. The van der Waals surface area contributed by atoms with E-state index in [2.05, 4.69) is 17.4 Å². The molecular formula is C30H40N4O3S. The lowest BCUT2D eigenvalue weighted by Gasteiger charge is -2.36. The Hall–Kier alpha value is -2.84. The fourth-order valence-electron chi connectivity index (χ4n) is 5.37. The lowest BCUT2D eigenvalue weighted by atomic mass is 9.83. The smallest absolute Gasteiger partial charge is 0.246 e. The summed E-state index contributed by atoms with van der Waals surface area (Å²) in [7, 11) is 0. The van der Waals surface area contributed by atoms with Crippen LogP contribution in [-0.4, -0.2) is 63.8 Å². The minimum absolute atomic E-state index is 0.0379. The van der Waals surface area contributed by atoms with Gasteiger partial charge in [-0.25, -0.2) is 0 Å². The molecule has 2 fully saturated rings. The van der Waals surface area contributed by atoms with Crippen LogP contribution in [0.1, 0.15) is 50.2 Å². The molecule has 2 aliphatic rings. The number of nitrogens with zero attached hydrogens (tertiary/aromatic N) is 2. The molecule has 1 aliphatic carbocycles. The summed E-state index contributed by atoms with van der Waals surface area (Å²) in [5, 5.41) is 2.95. The lowest BCUT2D eigenvalue weighted by Crippen LogP contribution is -2.58. The van der Waals surface area contributed by atoms with E-state index in [1.807, 2.05) is 53.4 Å². The summed E-state index contributed by atoms with van der Waals surface area (Å²) in [5.74, 6) is 0.557. The number of nitrogens with one attached hydrogen (secondary N) is 1. The van der Waals surface area contributed by atoms with E-state index in [0.29, 0.717) is 24.7 Å². The van der Waals surface area contributed by atoms with Crippen LogP contribution in [0.5, 0.6) is 0 Å². The minimum Gasteiger partial charge on any atom is -0.343 e. The van der Waals surface area contributed by atoms with Crippen molar-refractivity contribution in [1.29, 1.82) is 0 Å². The van der Waals surface area contributed by atoms with Crippen molar-refractivity contribution in [3.8, 4) is 0 Å². The van der Waals surface area contributed by atoms with Gasteiger partial charge in [0, 0.05) is 18.8 Å². The molecule has 2 aromatic carbocycles. The molecule has 1 saturated carbocycles. The predicted molar refractivity (Wildman–Crippen MR) is 152 cm³/mol. The molecule has 3 atom stereocenters. The molecule has 4 rings (SSSR count). The van der Waals surface area contributed by atoms with Crippen LogP contribution in [-0.2, 0) is 27.3 Å². The first-order valence-electron chi connectivity index (χ1n) is 13.7. The van der Waals surface area contributed by atoms with Gasteiger partial charge in [-0.05, 0) is 43.2 Å². The largest absolute Gasteiger partial charge is 0.343 e. The van der Waals surface area contributed by atoms with Crippen molar-refractivity contribution in [3.05, 3.63) is 71.8 Å². The summed E-state index contributed by atoms with van der Waals surface area (Å²) in [5.41, 5.74) is 8.06. The van der Waals surface area contributed by atoms with Gasteiger partial charge in [-0.3, -0.25) is 14.4 Å². The van der Waals surface area contributed by atoms with Crippen LogP contribution in [0.3, 0.4) is 0 Å². The molecule has 0 aromatic heterocycles. The fraction of sp³-hybridized carbons (Fsp3) is 0.500. The molecule has 0 unspecified atom stereocenters. The van der Waals surface area contributed by atoms with Gasteiger partial charge in [-0.15, -0.1) is 11.8 Å². The average molecular weight is 537 g/mol. The third kappa shape index (κ3) is 7.38. The van der Waals surface area contributed by atoms with Crippen molar-refractivity contribution in [3.63, 3.8) is 0 Å². The highest BCUT2D eigenvalue weighted by atomic mass is 32.2. The van der Waals surface area contributed by atoms with Crippen LogP contribution in [0, 0.1) is 5.92 Å². The normalized spacial score (nSPS) is 19.5. The van der Waals surface area contributed by atoms with Gasteiger partial charge in [0.1, 0.15) is 12.1 Å². The maximum atomic E-state index is 14.0. The average Bonchev–Trinajstić information content (AvgIpc) is 3.45. The third-order valence-corrected chi connectivity index (χ3v) is 8.60. The van der Waals surface area contributed by atoms with Gasteiger partial charge in [-0.1, -0.05) is 79.9 Å². The second-order valence-corrected chi connectivity index (χ2v) is 11.5. The first-order chi connectivity index (χ1) is 18.4. The monoisotopic (exact) mass is 536 g/mol. The van der Waals surface area contributed by atoms with E-state index in [9.17, 15) is 14.4 Å². The highest BCUT2D eigenvalue weighted by Crippen LogP contribution is 2.31. The number of carbonyl (C=O) groups excluding carboxylic acids is 3. The molecule has 1 heterocycles. The first kappa shape index (κ1) is 28.2. The molecule has 0 radical (unpaired) electrons. The molecule has 3 amide bonds. The fourth-order valence-corrected chi connectivity index (χ4v) is 6.52. The van der Waals surface area contributed by atoms with Crippen molar-refractivity contribution in [2.45, 2.75) is 70.1 Å². The molecule has 204 valence electrons. The van der Waals surface area contributed by atoms with Crippen LogP contribution < -0.4 is 11.1 Å². The molecule has 2 aromatic rings.